The number of halogens is 3. The fourth-order valence-electron chi connectivity index (χ4n) is 3.86. The van der Waals surface area contributed by atoms with Crippen molar-refractivity contribution in [2.24, 2.45) is 11.8 Å². The van der Waals surface area contributed by atoms with Crippen molar-refractivity contribution in [2.45, 2.75) is 65.0 Å². The van der Waals surface area contributed by atoms with E-state index in [2.05, 4.69) is 10.1 Å². The van der Waals surface area contributed by atoms with Gasteiger partial charge < -0.3 is 4.74 Å². The molecule has 0 saturated heterocycles. The van der Waals surface area contributed by atoms with Crippen LogP contribution in [0.4, 0.5) is 13.2 Å². The molecule has 0 aromatic carbocycles. The second kappa shape index (κ2) is 8.09. The first-order valence-corrected chi connectivity index (χ1v) is 9.82. The summed E-state index contributed by atoms with van der Waals surface area (Å²) in [7, 11) is 0. The molecule has 0 amide bonds. The second-order valence-corrected chi connectivity index (χ2v) is 7.81. The Bertz CT molecular complexity index is 837. The fraction of sp³-hybridized carbons (Fsp3) is 0.650. The van der Waals surface area contributed by atoms with Gasteiger partial charge in [-0.15, -0.1) is 0 Å². The van der Waals surface area contributed by atoms with Crippen LogP contribution in [-0.2, 0) is 11.2 Å². The van der Waals surface area contributed by atoms with Crippen molar-refractivity contribution in [3.05, 3.63) is 29.2 Å². The van der Waals surface area contributed by atoms with Crippen molar-refractivity contribution in [3.8, 4) is 0 Å². The minimum atomic E-state index is -4.09. The van der Waals surface area contributed by atoms with Gasteiger partial charge in [-0.25, -0.2) is 14.3 Å². The van der Waals surface area contributed by atoms with E-state index in [0.29, 0.717) is 24.9 Å². The molecule has 0 unspecified atom stereocenters. The smallest absolute Gasteiger partial charge is 0.391 e. The summed E-state index contributed by atoms with van der Waals surface area (Å²) in [6, 6.07) is 3.56. The first-order valence-electron chi connectivity index (χ1n) is 9.82. The highest BCUT2D eigenvalue weighted by Crippen LogP contribution is 2.40. The van der Waals surface area contributed by atoms with Gasteiger partial charge in [0.15, 0.2) is 11.3 Å². The lowest BCUT2D eigenvalue weighted by Crippen LogP contribution is -2.28. The van der Waals surface area contributed by atoms with Crippen molar-refractivity contribution in [1.29, 1.82) is 0 Å². The summed E-state index contributed by atoms with van der Waals surface area (Å²) >= 11 is 0. The number of esters is 1. The van der Waals surface area contributed by atoms with Gasteiger partial charge in [0.25, 0.3) is 0 Å². The van der Waals surface area contributed by atoms with Crippen LogP contribution < -0.4 is 0 Å². The zero-order valence-corrected chi connectivity index (χ0v) is 16.4. The zero-order valence-electron chi connectivity index (χ0n) is 16.4. The van der Waals surface area contributed by atoms with Crippen molar-refractivity contribution in [3.63, 3.8) is 0 Å². The van der Waals surface area contributed by atoms with Crippen LogP contribution in [0.15, 0.2) is 12.1 Å². The van der Waals surface area contributed by atoms with Crippen LogP contribution in [0.3, 0.4) is 0 Å². The molecule has 0 aliphatic heterocycles. The van der Waals surface area contributed by atoms with Gasteiger partial charge in [0.05, 0.1) is 12.5 Å². The van der Waals surface area contributed by atoms with Gasteiger partial charge in [-0.3, -0.25) is 0 Å². The van der Waals surface area contributed by atoms with Gasteiger partial charge in [-0.1, -0.05) is 13.8 Å². The molecule has 3 rings (SSSR count). The molecule has 1 saturated carbocycles. The third-order valence-corrected chi connectivity index (χ3v) is 5.39. The van der Waals surface area contributed by atoms with Gasteiger partial charge in [0.2, 0.25) is 0 Å². The molecule has 28 heavy (non-hydrogen) atoms. The molecule has 5 nitrogen and oxygen atoms in total. The Labute approximate surface area is 162 Å². The Morgan fingerprint density at radius 1 is 1.25 bits per heavy atom. The van der Waals surface area contributed by atoms with Gasteiger partial charge in [-0.05, 0) is 56.9 Å². The molecule has 1 aliphatic rings. The average Bonchev–Trinajstić information content (AvgIpc) is 3.05. The zero-order chi connectivity index (χ0) is 20.5. The molecule has 0 spiro atoms. The minimum absolute atomic E-state index is 0.153. The lowest BCUT2D eigenvalue weighted by Gasteiger charge is -2.29. The monoisotopic (exact) mass is 397 g/mol. The number of aromatic nitrogens is 3. The highest BCUT2D eigenvalue weighted by atomic mass is 19.4. The molecule has 2 aromatic heterocycles. The third-order valence-electron chi connectivity index (χ3n) is 5.39. The van der Waals surface area contributed by atoms with Crippen molar-refractivity contribution >= 4 is 11.6 Å². The third kappa shape index (κ3) is 4.47. The molecule has 2 heterocycles. The Morgan fingerprint density at radius 3 is 2.50 bits per heavy atom. The maximum absolute atomic E-state index is 12.9. The second-order valence-electron chi connectivity index (χ2n) is 7.81. The summed E-state index contributed by atoms with van der Waals surface area (Å²) in [5, 5.41) is 4.33. The minimum Gasteiger partial charge on any atom is -0.461 e. The highest BCUT2D eigenvalue weighted by Gasteiger charge is 2.41. The number of carbonyl (C=O) groups is 1. The van der Waals surface area contributed by atoms with Crippen LogP contribution >= 0.6 is 0 Å². The number of hydrogen-bond donors (Lipinski definition) is 0. The molecular formula is C20H26F3N3O2. The lowest BCUT2D eigenvalue weighted by atomic mass is 9.79. The Balaban J connectivity index is 1.81. The van der Waals surface area contributed by atoms with Crippen LogP contribution in [0.25, 0.3) is 5.65 Å². The summed E-state index contributed by atoms with van der Waals surface area (Å²) in [6.07, 6.45) is -1.96. The van der Waals surface area contributed by atoms with Crippen LogP contribution in [-0.4, -0.2) is 33.4 Å². The van der Waals surface area contributed by atoms with E-state index in [1.165, 1.54) is 0 Å². The standard InChI is InChI=1S/C20H26F3N3O2/c1-4-28-19(27)16-11-18-24-15(10-17(12(2)3)26(18)25-16)9-13-5-7-14(8-6-13)20(21,22)23/h10-14H,4-9H2,1-3H3. The number of ether oxygens (including phenoxy) is 1. The van der Waals surface area contributed by atoms with Gasteiger partial charge in [0, 0.05) is 17.5 Å². The van der Waals surface area contributed by atoms with E-state index < -0.39 is 18.1 Å². The van der Waals surface area contributed by atoms with E-state index in [1.54, 1.807) is 17.5 Å². The largest absolute Gasteiger partial charge is 0.461 e. The topological polar surface area (TPSA) is 56.5 Å². The molecule has 1 aliphatic carbocycles. The number of fused-ring (bicyclic) bond motifs is 1. The number of nitrogens with zero attached hydrogens (tertiary/aromatic N) is 3. The number of hydrogen-bond acceptors (Lipinski definition) is 4. The molecule has 8 heteroatoms. The highest BCUT2D eigenvalue weighted by molar-refractivity contribution is 5.88. The lowest BCUT2D eigenvalue weighted by molar-refractivity contribution is -0.183. The summed E-state index contributed by atoms with van der Waals surface area (Å²) < 4.78 is 45.3. The first-order chi connectivity index (χ1) is 13.2. The Hall–Kier alpha value is -2.12. The first kappa shape index (κ1) is 20.6. The van der Waals surface area contributed by atoms with Crippen molar-refractivity contribution in [1.82, 2.24) is 14.6 Å². The van der Waals surface area contributed by atoms with Gasteiger partial charge in [-0.2, -0.15) is 18.3 Å². The molecular weight excluding hydrogens is 371 g/mol. The van der Waals surface area contributed by atoms with Crippen LogP contribution in [0.2, 0.25) is 0 Å². The maximum atomic E-state index is 12.9. The average molecular weight is 397 g/mol. The van der Waals surface area contributed by atoms with E-state index in [4.69, 9.17) is 4.74 Å². The van der Waals surface area contributed by atoms with Crippen LogP contribution in [0.1, 0.15) is 74.2 Å². The van der Waals surface area contributed by atoms with E-state index in [1.807, 2.05) is 19.9 Å². The molecule has 2 aromatic rings. The van der Waals surface area contributed by atoms with Crippen LogP contribution in [0, 0.1) is 11.8 Å². The summed E-state index contributed by atoms with van der Waals surface area (Å²) in [6.45, 7) is 6.05. The number of alkyl halides is 3. The Kier molecular flexibility index (Phi) is 5.95. The van der Waals surface area contributed by atoms with Crippen LogP contribution in [0.5, 0.6) is 0 Å². The molecule has 0 bridgehead atoms. The fourth-order valence-corrected chi connectivity index (χ4v) is 3.86. The quantitative estimate of drug-likeness (QED) is 0.671. The summed E-state index contributed by atoms with van der Waals surface area (Å²) in [5.41, 5.74) is 2.52. The molecule has 0 radical (unpaired) electrons. The Morgan fingerprint density at radius 2 is 1.93 bits per heavy atom. The van der Waals surface area contributed by atoms with E-state index in [-0.39, 0.29) is 37.0 Å². The SMILES string of the molecule is CCOC(=O)c1cc2nc(CC3CCC(C(F)(F)F)CC3)cc(C(C)C)n2n1. The van der Waals surface area contributed by atoms with Gasteiger partial charge >= 0.3 is 12.1 Å². The summed E-state index contributed by atoms with van der Waals surface area (Å²) in [4.78, 5) is 16.6. The maximum Gasteiger partial charge on any atom is 0.391 e. The van der Waals surface area contributed by atoms with Crippen molar-refractivity contribution < 1.29 is 22.7 Å². The molecule has 1 fully saturated rings. The molecule has 0 atom stereocenters. The number of rotatable bonds is 5. The van der Waals surface area contributed by atoms with E-state index >= 15 is 0 Å². The summed E-state index contributed by atoms with van der Waals surface area (Å²) in [5.74, 6) is -1.32. The predicted octanol–water partition coefficient (Wildman–Crippen LogP) is 4.94. The van der Waals surface area contributed by atoms with Crippen molar-refractivity contribution in [2.75, 3.05) is 6.61 Å². The number of carbonyl (C=O) groups excluding carboxylic acids is 1. The van der Waals surface area contributed by atoms with E-state index in [0.717, 1.165) is 11.4 Å². The molecule has 0 N–H and O–H groups in total. The van der Waals surface area contributed by atoms with Gasteiger partial charge in [0.1, 0.15) is 0 Å². The van der Waals surface area contributed by atoms with E-state index in [9.17, 15) is 18.0 Å². The predicted molar refractivity (Wildman–Crippen MR) is 98.2 cm³/mol. The molecule has 154 valence electrons. The normalized spacial score (nSPS) is 20.7.